The van der Waals surface area contributed by atoms with Crippen molar-refractivity contribution < 1.29 is 0 Å². The van der Waals surface area contributed by atoms with Gasteiger partial charge in [0, 0.05) is 18.6 Å². The maximum absolute atomic E-state index is 6.08. The third kappa shape index (κ3) is 5.51. The Kier molecular flexibility index (Phi) is 5.78. The van der Waals surface area contributed by atoms with Crippen LogP contribution in [0.5, 0.6) is 0 Å². The summed E-state index contributed by atoms with van der Waals surface area (Å²) in [5, 5.41) is 0. The van der Waals surface area contributed by atoms with Crippen LogP contribution in [0, 0.1) is 11.3 Å². The number of nitrogens with two attached hydrogens (primary N) is 1. The van der Waals surface area contributed by atoms with E-state index in [0.29, 0.717) is 5.41 Å². The van der Waals surface area contributed by atoms with Crippen LogP contribution in [-0.2, 0) is 0 Å². The Morgan fingerprint density at radius 1 is 1.19 bits per heavy atom. The topological polar surface area (TPSA) is 29.3 Å². The van der Waals surface area contributed by atoms with Gasteiger partial charge >= 0.3 is 0 Å². The first-order valence-corrected chi connectivity index (χ1v) is 6.20. The second-order valence-corrected chi connectivity index (χ2v) is 6.93. The van der Waals surface area contributed by atoms with Crippen LogP contribution in [0.1, 0.15) is 47.5 Å². The van der Waals surface area contributed by atoms with Crippen molar-refractivity contribution >= 4 is 12.4 Å². The first kappa shape index (κ1) is 16.2. The molecule has 0 aromatic carbocycles. The summed E-state index contributed by atoms with van der Waals surface area (Å²) in [6.07, 6.45) is 2.71. The van der Waals surface area contributed by atoms with Gasteiger partial charge in [-0.05, 0) is 44.6 Å². The molecule has 1 saturated heterocycles. The minimum atomic E-state index is -0.0558. The van der Waals surface area contributed by atoms with Gasteiger partial charge in [0.25, 0.3) is 0 Å². The zero-order valence-corrected chi connectivity index (χ0v) is 12.4. The number of nitrogens with zero attached hydrogens (tertiary/aromatic N) is 1. The van der Waals surface area contributed by atoms with Crippen molar-refractivity contribution in [2.45, 2.75) is 53.0 Å². The van der Waals surface area contributed by atoms with E-state index in [0.717, 1.165) is 12.5 Å². The average molecular weight is 249 g/mol. The highest BCUT2D eigenvalue weighted by Crippen LogP contribution is 2.33. The number of hydrogen-bond acceptors (Lipinski definition) is 2. The molecule has 0 spiro atoms. The summed E-state index contributed by atoms with van der Waals surface area (Å²) in [5.74, 6) is 0.827. The molecule has 1 aliphatic rings. The molecule has 1 atom stereocenters. The van der Waals surface area contributed by atoms with E-state index >= 15 is 0 Å². The lowest BCUT2D eigenvalue weighted by Gasteiger charge is -2.41. The zero-order chi connectivity index (χ0) is 11.7. The maximum atomic E-state index is 6.08. The van der Waals surface area contributed by atoms with Gasteiger partial charge in [0.2, 0.25) is 0 Å². The predicted molar refractivity (Wildman–Crippen MR) is 74.1 cm³/mol. The summed E-state index contributed by atoms with van der Waals surface area (Å²) in [7, 11) is 0. The molecule has 1 aliphatic heterocycles. The molecule has 0 aromatic heterocycles. The van der Waals surface area contributed by atoms with Crippen LogP contribution in [-0.4, -0.2) is 30.1 Å². The summed E-state index contributed by atoms with van der Waals surface area (Å²) in [4.78, 5) is 2.54. The molecular formula is C13H29ClN2. The van der Waals surface area contributed by atoms with Gasteiger partial charge in [-0.2, -0.15) is 0 Å². The molecule has 0 amide bonds. The molecule has 1 fully saturated rings. The van der Waals surface area contributed by atoms with E-state index in [2.05, 4.69) is 39.5 Å². The average Bonchev–Trinajstić information content (AvgIpc) is 1.99. The number of hydrogen-bond donors (Lipinski definition) is 1. The third-order valence-corrected chi connectivity index (χ3v) is 3.36. The van der Waals surface area contributed by atoms with E-state index in [1.165, 1.54) is 25.9 Å². The highest BCUT2D eigenvalue weighted by Gasteiger charge is 2.30. The maximum Gasteiger partial charge on any atom is 0.0226 e. The van der Waals surface area contributed by atoms with Crippen molar-refractivity contribution in [1.82, 2.24) is 4.90 Å². The largest absolute Gasteiger partial charge is 0.324 e. The van der Waals surface area contributed by atoms with Crippen molar-refractivity contribution in [3.8, 4) is 0 Å². The highest BCUT2D eigenvalue weighted by molar-refractivity contribution is 5.85. The smallest absolute Gasteiger partial charge is 0.0226 e. The molecule has 2 N–H and O–H groups in total. The van der Waals surface area contributed by atoms with Crippen molar-refractivity contribution in [2.75, 3.05) is 19.6 Å². The SMILES string of the molecule is CC(C)(N)CN1CCCC(C(C)(C)C)C1.Cl. The molecule has 0 aliphatic carbocycles. The minimum absolute atomic E-state index is 0. The standard InChI is InChI=1S/C13H28N2.ClH/c1-12(2,3)11-7-6-8-15(9-11)10-13(4,5)14;/h11H,6-10,14H2,1-5H3;1H. The summed E-state index contributed by atoms with van der Waals surface area (Å²) in [6, 6.07) is 0. The number of halogens is 1. The molecule has 1 unspecified atom stereocenters. The van der Waals surface area contributed by atoms with E-state index < -0.39 is 0 Å². The van der Waals surface area contributed by atoms with E-state index in [-0.39, 0.29) is 17.9 Å². The van der Waals surface area contributed by atoms with Gasteiger partial charge in [0.1, 0.15) is 0 Å². The Labute approximate surface area is 107 Å². The van der Waals surface area contributed by atoms with E-state index in [1.807, 2.05) is 0 Å². The fraction of sp³-hybridized carbons (Fsp3) is 1.00. The molecule has 0 bridgehead atoms. The van der Waals surface area contributed by atoms with Gasteiger partial charge in [-0.25, -0.2) is 0 Å². The van der Waals surface area contributed by atoms with Crippen LogP contribution >= 0.6 is 12.4 Å². The fourth-order valence-electron chi connectivity index (χ4n) is 2.48. The van der Waals surface area contributed by atoms with E-state index in [9.17, 15) is 0 Å². The number of rotatable bonds is 2. The van der Waals surface area contributed by atoms with Crippen LogP contribution in [0.4, 0.5) is 0 Å². The van der Waals surface area contributed by atoms with Gasteiger partial charge in [0.05, 0.1) is 0 Å². The summed E-state index contributed by atoms with van der Waals surface area (Å²) in [6.45, 7) is 14.8. The van der Waals surface area contributed by atoms with Crippen LogP contribution in [0.3, 0.4) is 0 Å². The zero-order valence-electron chi connectivity index (χ0n) is 11.5. The molecule has 0 saturated carbocycles. The van der Waals surface area contributed by atoms with Crippen LogP contribution in [0.2, 0.25) is 0 Å². The highest BCUT2D eigenvalue weighted by atomic mass is 35.5. The lowest BCUT2D eigenvalue weighted by Crippen LogP contribution is -2.50. The summed E-state index contributed by atoms with van der Waals surface area (Å²) >= 11 is 0. The molecule has 1 rings (SSSR count). The molecule has 1 heterocycles. The van der Waals surface area contributed by atoms with Crippen molar-refractivity contribution in [1.29, 1.82) is 0 Å². The molecular weight excluding hydrogens is 220 g/mol. The lowest BCUT2D eigenvalue weighted by atomic mass is 9.76. The van der Waals surface area contributed by atoms with Gasteiger partial charge in [0.15, 0.2) is 0 Å². The molecule has 16 heavy (non-hydrogen) atoms. The minimum Gasteiger partial charge on any atom is -0.324 e. The second-order valence-electron chi connectivity index (χ2n) is 6.93. The second kappa shape index (κ2) is 5.70. The molecule has 98 valence electrons. The van der Waals surface area contributed by atoms with E-state index in [4.69, 9.17) is 5.73 Å². The Hall–Kier alpha value is 0.210. The predicted octanol–water partition coefficient (Wildman–Crippen LogP) is 2.90. The lowest BCUT2D eigenvalue weighted by molar-refractivity contribution is 0.0864. The van der Waals surface area contributed by atoms with E-state index in [1.54, 1.807) is 0 Å². The first-order chi connectivity index (χ1) is 6.68. The molecule has 0 radical (unpaired) electrons. The summed E-state index contributed by atoms with van der Waals surface area (Å²) in [5.41, 5.74) is 6.47. The van der Waals surface area contributed by atoms with Gasteiger partial charge in [-0.1, -0.05) is 20.8 Å². The Morgan fingerprint density at radius 3 is 2.19 bits per heavy atom. The Bertz CT molecular complexity index is 203. The monoisotopic (exact) mass is 248 g/mol. The van der Waals surface area contributed by atoms with Crippen LogP contribution in [0.15, 0.2) is 0 Å². The molecule has 2 nitrogen and oxygen atoms in total. The van der Waals surface area contributed by atoms with Gasteiger partial charge < -0.3 is 10.6 Å². The first-order valence-electron chi connectivity index (χ1n) is 6.20. The van der Waals surface area contributed by atoms with Crippen molar-refractivity contribution in [2.24, 2.45) is 17.1 Å². The number of piperidine rings is 1. The molecule has 0 aromatic rings. The van der Waals surface area contributed by atoms with Crippen LogP contribution < -0.4 is 5.73 Å². The Balaban J connectivity index is 0.00000225. The number of likely N-dealkylation sites (tertiary alicyclic amines) is 1. The van der Waals surface area contributed by atoms with Crippen molar-refractivity contribution in [3.05, 3.63) is 0 Å². The van der Waals surface area contributed by atoms with Gasteiger partial charge in [-0.15, -0.1) is 12.4 Å². The quantitative estimate of drug-likeness (QED) is 0.814. The third-order valence-electron chi connectivity index (χ3n) is 3.36. The van der Waals surface area contributed by atoms with Crippen LogP contribution in [0.25, 0.3) is 0 Å². The van der Waals surface area contributed by atoms with Gasteiger partial charge in [-0.3, -0.25) is 0 Å². The normalized spacial score (nSPS) is 24.0. The fourth-order valence-corrected chi connectivity index (χ4v) is 2.48. The Morgan fingerprint density at radius 2 is 1.75 bits per heavy atom. The molecule has 3 heteroatoms. The van der Waals surface area contributed by atoms with Crippen molar-refractivity contribution in [3.63, 3.8) is 0 Å². The summed E-state index contributed by atoms with van der Waals surface area (Å²) < 4.78 is 0.